The second-order valence-electron chi connectivity index (χ2n) is 4.80. The molecule has 5 heteroatoms. The summed E-state index contributed by atoms with van der Waals surface area (Å²) in [5.74, 6) is 5.84. The van der Waals surface area contributed by atoms with Gasteiger partial charge in [-0.05, 0) is 19.4 Å². The van der Waals surface area contributed by atoms with E-state index in [-0.39, 0.29) is 17.9 Å². The van der Waals surface area contributed by atoms with Gasteiger partial charge in [0.25, 0.3) is 0 Å². The van der Waals surface area contributed by atoms with Gasteiger partial charge in [-0.3, -0.25) is 14.5 Å². The average Bonchev–Trinajstić information content (AvgIpc) is 2.79. The van der Waals surface area contributed by atoms with Crippen LogP contribution < -0.4 is 0 Å². The number of carbonyl (C=O) groups excluding carboxylic acids is 2. The van der Waals surface area contributed by atoms with E-state index < -0.39 is 0 Å². The zero-order valence-electron chi connectivity index (χ0n) is 11.9. The predicted molar refractivity (Wildman–Crippen MR) is 72.3 cm³/mol. The van der Waals surface area contributed by atoms with E-state index in [1.807, 2.05) is 0 Å². The van der Waals surface area contributed by atoms with Crippen LogP contribution in [0.1, 0.15) is 26.7 Å². The maximum absolute atomic E-state index is 11.0. The Kier molecular flexibility index (Phi) is 6.37. The molecule has 1 amide bonds. The van der Waals surface area contributed by atoms with Crippen molar-refractivity contribution in [2.45, 2.75) is 32.7 Å². The lowest BCUT2D eigenvalue weighted by atomic mass is 10.2. The van der Waals surface area contributed by atoms with Gasteiger partial charge in [0.1, 0.15) is 6.61 Å². The molecule has 0 bridgehead atoms. The van der Waals surface area contributed by atoms with Crippen LogP contribution in [0.25, 0.3) is 0 Å². The lowest BCUT2D eigenvalue weighted by Gasteiger charge is -2.21. The smallest absolute Gasteiger partial charge is 0.302 e. The molecular formula is C14H22N2O3. The number of amides is 1. The molecule has 1 aliphatic rings. The summed E-state index contributed by atoms with van der Waals surface area (Å²) < 4.78 is 5.05. The minimum atomic E-state index is -0.235. The largest absolute Gasteiger partial charge is 0.464 e. The van der Waals surface area contributed by atoms with E-state index in [4.69, 9.17) is 4.74 Å². The van der Waals surface area contributed by atoms with Gasteiger partial charge in [-0.2, -0.15) is 0 Å². The fourth-order valence-corrected chi connectivity index (χ4v) is 1.95. The van der Waals surface area contributed by atoms with Crippen LogP contribution in [0.3, 0.4) is 0 Å². The van der Waals surface area contributed by atoms with Crippen molar-refractivity contribution in [2.75, 3.05) is 33.3 Å². The Morgan fingerprint density at radius 3 is 2.74 bits per heavy atom. The molecule has 106 valence electrons. The van der Waals surface area contributed by atoms with Crippen molar-refractivity contribution in [1.82, 2.24) is 9.80 Å². The normalized spacial score (nSPS) is 18.6. The van der Waals surface area contributed by atoms with E-state index in [0.29, 0.717) is 19.7 Å². The van der Waals surface area contributed by atoms with Crippen LogP contribution in [0, 0.1) is 11.8 Å². The molecule has 1 aliphatic heterocycles. The molecule has 0 N–H and O–H groups in total. The first-order valence-corrected chi connectivity index (χ1v) is 6.55. The topological polar surface area (TPSA) is 49.9 Å². The molecule has 1 fully saturated rings. The van der Waals surface area contributed by atoms with Crippen molar-refractivity contribution < 1.29 is 14.3 Å². The molecule has 19 heavy (non-hydrogen) atoms. The van der Waals surface area contributed by atoms with Crippen molar-refractivity contribution in [1.29, 1.82) is 0 Å². The van der Waals surface area contributed by atoms with Crippen LogP contribution in [-0.4, -0.2) is 61.0 Å². The summed E-state index contributed by atoms with van der Waals surface area (Å²) in [6.45, 7) is 5.51. The molecular weight excluding hydrogens is 244 g/mol. The first kappa shape index (κ1) is 15.5. The monoisotopic (exact) mass is 266 g/mol. The summed E-state index contributed by atoms with van der Waals surface area (Å²) in [4.78, 5) is 25.6. The third kappa shape index (κ3) is 5.75. The van der Waals surface area contributed by atoms with Crippen molar-refractivity contribution in [3.8, 4) is 11.8 Å². The third-order valence-corrected chi connectivity index (χ3v) is 3.24. The van der Waals surface area contributed by atoms with Crippen molar-refractivity contribution in [3.05, 3.63) is 0 Å². The summed E-state index contributed by atoms with van der Waals surface area (Å²) in [6, 6.07) is 0.281. The second-order valence-corrected chi connectivity index (χ2v) is 4.80. The Hall–Kier alpha value is -1.54. The molecule has 0 aromatic rings. The van der Waals surface area contributed by atoms with Gasteiger partial charge >= 0.3 is 5.97 Å². The van der Waals surface area contributed by atoms with Crippen molar-refractivity contribution >= 4 is 11.9 Å². The standard InChI is InChI=1S/C14H22N2O3/c1-12(17)15(3)8-4-5-9-16-10-6-7-14(16)11-19-13(2)18/h14H,6-11H2,1-3H3. The summed E-state index contributed by atoms with van der Waals surface area (Å²) in [6.07, 6.45) is 2.16. The highest BCUT2D eigenvalue weighted by atomic mass is 16.5. The Balaban J connectivity index is 2.33. The first-order valence-electron chi connectivity index (χ1n) is 6.55. The molecule has 0 aromatic heterocycles. The Labute approximate surface area is 114 Å². The minimum Gasteiger partial charge on any atom is -0.464 e. The summed E-state index contributed by atoms with van der Waals surface area (Å²) in [7, 11) is 1.73. The molecule has 0 spiro atoms. The van der Waals surface area contributed by atoms with Crippen LogP contribution >= 0.6 is 0 Å². The zero-order chi connectivity index (χ0) is 14.3. The molecule has 1 rings (SSSR count). The fourth-order valence-electron chi connectivity index (χ4n) is 1.95. The fraction of sp³-hybridized carbons (Fsp3) is 0.714. The average molecular weight is 266 g/mol. The second kappa shape index (κ2) is 7.80. The minimum absolute atomic E-state index is 0.0169. The Bertz CT molecular complexity index is 384. The predicted octanol–water partition coefficient (Wildman–Crippen LogP) is 0.496. The number of hydrogen-bond acceptors (Lipinski definition) is 4. The molecule has 0 aromatic carbocycles. The number of nitrogens with zero attached hydrogens (tertiary/aromatic N) is 2. The van der Waals surface area contributed by atoms with Gasteiger partial charge in [0.2, 0.25) is 5.91 Å². The van der Waals surface area contributed by atoms with Gasteiger partial charge in [0.05, 0.1) is 13.1 Å². The molecule has 0 radical (unpaired) electrons. The van der Waals surface area contributed by atoms with E-state index in [1.54, 1.807) is 11.9 Å². The number of hydrogen-bond donors (Lipinski definition) is 0. The Morgan fingerprint density at radius 2 is 2.11 bits per heavy atom. The lowest BCUT2D eigenvalue weighted by molar-refractivity contribution is -0.142. The molecule has 1 heterocycles. The SMILES string of the molecule is CC(=O)OCC1CCCN1CC#CCN(C)C(C)=O. The van der Waals surface area contributed by atoms with Gasteiger partial charge in [0, 0.05) is 26.9 Å². The van der Waals surface area contributed by atoms with Crippen LogP contribution in [0.5, 0.6) is 0 Å². The first-order chi connectivity index (χ1) is 9.00. The quantitative estimate of drug-likeness (QED) is 0.549. The van der Waals surface area contributed by atoms with Gasteiger partial charge in [-0.25, -0.2) is 0 Å². The third-order valence-electron chi connectivity index (χ3n) is 3.24. The van der Waals surface area contributed by atoms with Gasteiger partial charge < -0.3 is 9.64 Å². The van der Waals surface area contributed by atoms with Crippen molar-refractivity contribution in [3.63, 3.8) is 0 Å². The molecule has 5 nitrogen and oxygen atoms in total. The highest BCUT2D eigenvalue weighted by molar-refractivity contribution is 5.73. The molecule has 1 unspecified atom stereocenters. The maximum Gasteiger partial charge on any atom is 0.302 e. The summed E-state index contributed by atoms with van der Waals surface area (Å²) in [5.41, 5.74) is 0. The molecule has 1 atom stereocenters. The van der Waals surface area contributed by atoms with Gasteiger partial charge in [-0.15, -0.1) is 0 Å². The van der Waals surface area contributed by atoms with Crippen LogP contribution in [-0.2, 0) is 14.3 Å². The number of esters is 1. The number of rotatable bonds is 4. The lowest BCUT2D eigenvalue weighted by Crippen LogP contribution is -2.34. The van der Waals surface area contributed by atoms with E-state index in [9.17, 15) is 9.59 Å². The van der Waals surface area contributed by atoms with Crippen LogP contribution in [0.2, 0.25) is 0 Å². The summed E-state index contributed by atoms with van der Waals surface area (Å²) in [5, 5.41) is 0. The molecule has 0 aliphatic carbocycles. The summed E-state index contributed by atoms with van der Waals surface area (Å²) >= 11 is 0. The van der Waals surface area contributed by atoms with Crippen molar-refractivity contribution in [2.24, 2.45) is 0 Å². The van der Waals surface area contributed by atoms with Crippen LogP contribution in [0.15, 0.2) is 0 Å². The number of carbonyl (C=O) groups is 2. The Morgan fingerprint density at radius 1 is 1.37 bits per heavy atom. The number of ether oxygens (including phenoxy) is 1. The van der Waals surface area contributed by atoms with E-state index in [0.717, 1.165) is 19.4 Å². The van der Waals surface area contributed by atoms with Gasteiger partial charge in [0.15, 0.2) is 0 Å². The zero-order valence-corrected chi connectivity index (χ0v) is 11.9. The number of likely N-dealkylation sites (tertiary alicyclic amines) is 1. The maximum atomic E-state index is 11.0. The van der Waals surface area contributed by atoms with Gasteiger partial charge in [-0.1, -0.05) is 11.8 Å². The van der Waals surface area contributed by atoms with E-state index in [2.05, 4.69) is 16.7 Å². The molecule has 1 saturated heterocycles. The van der Waals surface area contributed by atoms with E-state index >= 15 is 0 Å². The van der Waals surface area contributed by atoms with Crippen LogP contribution in [0.4, 0.5) is 0 Å². The van der Waals surface area contributed by atoms with E-state index in [1.165, 1.54) is 13.8 Å². The highest BCUT2D eigenvalue weighted by Gasteiger charge is 2.24. The highest BCUT2D eigenvalue weighted by Crippen LogP contribution is 2.16. The molecule has 0 saturated carbocycles.